The third-order valence-corrected chi connectivity index (χ3v) is 5.74. The van der Waals surface area contributed by atoms with Gasteiger partial charge in [-0.25, -0.2) is 4.98 Å². The zero-order chi connectivity index (χ0) is 21.2. The van der Waals surface area contributed by atoms with Crippen LogP contribution in [0.1, 0.15) is 34.6 Å². The molecule has 4 aromatic rings. The summed E-state index contributed by atoms with van der Waals surface area (Å²) in [6, 6.07) is 9.42. The van der Waals surface area contributed by atoms with E-state index < -0.39 is 0 Å². The van der Waals surface area contributed by atoms with Gasteiger partial charge in [0.15, 0.2) is 0 Å². The molecule has 1 fully saturated rings. The molecule has 1 saturated heterocycles. The molecule has 1 atom stereocenters. The number of nitrogens with one attached hydrogen (secondary N) is 1. The average molecular weight is 416 g/mol. The molecule has 3 aromatic heterocycles. The fourth-order valence-corrected chi connectivity index (χ4v) is 4.12. The van der Waals surface area contributed by atoms with Crippen molar-refractivity contribution in [2.45, 2.75) is 38.8 Å². The Hall–Kier alpha value is -3.39. The highest BCUT2D eigenvalue weighted by atomic mass is 16.5. The Kier molecular flexibility index (Phi) is 5.30. The SMILES string of the molecule is Cc1nc2nnc3ccc(C(=O)NCCc4cccnc4)cc3c2n1CC1CCCO1. The van der Waals surface area contributed by atoms with Gasteiger partial charge in [0.1, 0.15) is 5.82 Å². The molecule has 8 heteroatoms. The number of ether oxygens (including phenoxy) is 1. The lowest BCUT2D eigenvalue weighted by molar-refractivity contribution is 0.0953. The van der Waals surface area contributed by atoms with Crippen molar-refractivity contribution >= 4 is 28.0 Å². The Labute approximate surface area is 179 Å². The molecule has 0 aliphatic carbocycles. The number of fused-ring (bicyclic) bond motifs is 3. The molecule has 31 heavy (non-hydrogen) atoms. The van der Waals surface area contributed by atoms with Gasteiger partial charge in [-0.3, -0.25) is 9.78 Å². The fourth-order valence-electron chi connectivity index (χ4n) is 4.12. The number of aryl methyl sites for hydroxylation is 1. The molecule has 1 amide bonds. The summed E-state index contributed by atoms with van der Waals surface area (Å²) in [5, 5.41) is 12.5. The number of rotatable bonds is 6. The van der Waals surface area contributed by atoms with Crippen molar-refractivity contribution in [2.75, 3.05) is 13.2 Å². The van der Waals surface area contributed by atoms with Gasteiger partial charge in [0, 0.05) is 36.5 Å². The second-order valence-electron chi connectivity index (χ2n) is 7.88. The van der Waals surface area contributed by atoms with Crippen LogP contribution in [0.4, 0.5) is 0 Å². The molecule has 0 saturated carbocycles. The van der Waals surface area contributed by atoms with Crippen molar-refractivity contribution in [3.63, 3.8) is 0 Å². The zero-order valence-electron chi connectivity index (χ0n) is 17.4. The van der Waals surface area contributed by atoms with Crippen LogP contribution in [0, 0.1) is 6.92 Å². The number of aromatic nitrogens is 5. The maximum absolute atomic E-state index is 12.8. The fraction of sp³-hybridized carbons (Fsp3) is 0.348. The van der Waals surface area contributed by atoms with Crippen LogP contribution in [-0.4, -0.2) is 49.9 Å². The van der Waals surface area contributed by atoms with Crippen LogP contribution in [-0.2, 0) is 17.7 Å². The van der Waals surface area contributed by atoms with Crippen LogP contribution >= 0.6 is 0 Å². The average Bonchev–Trinajstić information content (AvgIpc) is 3.42. The first-order valence-electron chi connectivity index (χ1n) is 10.6. The van der Waals surface area contributed by atoms with Crippen LogP contribution < -0.4 is 5.32 Å². The zero-order valence-corrected chi connectivity index (χ0v) is 17.4. The third kappa shape index (κ3) is 3.98. The van der Waals surface area contributed by atoms with Gasteiger partial charge < -0.3 is 14.6 Å². The van der Waals surface area contributed by atoms with Crippen molar-refractivity contribution in [3.8, 4) is 0 Å². The molecule has 1 N–H and O–H groups in total. The van der Waals surface area contributed by atoms with Gasteiger partial charge in [0.05, 0.1) is 23.7 Å². The first-order chi connectivity index (χ1) is 15.2. The van der Waals surface area contributed by atoms with Gasteiger partial charge in [-0.1, -0.05) is 6.07 Å². The van der Waals surface area contributed by atoms with E-state index in [-0.39, 0.29) is 12.0 Å². The number of carbonyl (C=O) groups is 1. The van der Waals surface area contributed by atoms with E-state index in [2.05, 4.69) is 30.0 Å². The van der Waals surface area contributed by atoms with E-state index in [1.165, 1.54) is 0 Å². The van der Waals surface area contributed by atoms with E-state index in [0.717, 1.165) is 60.2 Å². The molecular weight excluding hydrogens is 392 g/mol. The number of hydrogen-bond donors (Lipinski definition) is 1. The molecule has 1 aliphatic rings. The van der Waals surface area contributed by atoms with Crippen molar-refractivity contribution in [3.05, 3.63) is 59.7 Å². The molecule has 0 spiro atoms. The standard InChI is InChI=1S/C23H24N6O2/c1-15-26-22-21(29(15)14-18-5-3-11-31-18)19-12-17(6-7-20(19)27-28-22)23(30)25-10-8-16-4-2-9-24-13-16/h2,4,6-7,9,12-13,18H,3,5,8,10-11,14H2,1H3,(H,25,30). The third-order valence-electron chi connectivity index (χ3n) is 5.74. The van der Waals surface area contributed by atoms with Crippen LogP contribution in [0.3, 0.4) is 0 Å². The van der Waals surface area contributed by atoms with Crippen molar-refractivity contribution in [2.24, 2.45) is 0 Å². The van der Waals surface area contributed by atoms with Crippen LogP contribution in [0.25, 0.3) is 22.1 Å². The first-order valence-corrected chi connectivity index (χ1v) is 10.6. The Bertz CT molecular complexity index is 1230. The molecule has 1 unspecified atom stereocenters. The largest absolute Gasteiger partial charge is 0.376 e. The number of imidazole rings is 1. The second-order valence-corrected chi connectivity index (χ2v) is 7.88. The second kappa shape index (κ2) is 8.39. The maximum Gasteiger partial charge on any atom is 0.251 e. The topological polar surface area (TPSA) is 94.8 Å². The van der Waals surface area contributed by atoms with Gasteiger partial charge in [-0.15, -0.1) is 10.2 Å². The summed E-state index contributed by atoms with van der Waals surface area (Å²) in [5.74, 6) is 0.760. The van der Waals surface area contributed by atoms with E-state index in [1.807, 2.05) is 37.4 Å². The lowest BCUT2D eigenvalue weighted by Crippen LogP contribution is -2.25. The molecule has 8 nitrogen and oxygen atoms in total. The number of hydrogen-bond acceptors (Lipinski definition) is 6. The summed E-state index contributed by atoms with van der Waals surface area (Å²) in [6.45, 7) is 4.05. The smallest absolute Gasteiger partial charge is 0.251 e. The highest BCUT2D eigenvalue weighted by Crippen LogP contribution is 2.26. The number of pyridine rings is 1. The molecule has 0 radical (unpaired) electrons. The van der Waals surface area contributed by atoms with E-state index in [4.69, 9.17) is 4.74 Å². The van der Waals surface area contributed by atoms with Crippen molar-refractivity contribution in [1.82, 2.24) is 30.0 Å². The van der Waals surface area contributed by atoms with Gasteiger partial charge in [-0.05, 0) is 56.0 Å². The van der Waals surface area contributed by atoms with E-state index in [1.54, 1.807) is 12.3 Å². The summed E-state index contributed by atoms with van der Waals surface area (Å²) in [6.07, 6.45) is 6.59. The molecule has 158 valence electrons. The van der Waals surface area contributed by atoms with Gasteiger partial charge in [-0.2, -0.15) is 0 Å². The van der Waals surface area contributed by atoms with Crippen LogP contribution in [0.2, 0.25) is 0 Å². The summed E-state index contributed by atoms with van der Waals surface area (Å²) >= 11 is 0. The molecule has 1 aromatic carbocycles. The van der Waals surface area contributed by atoms with E-state index in [9.17, 15) is 4.79 Å². The first kappa shape index (κ1) is 19.6. The summed E-state index contributed by atoms with van der Waals surface area (Å²) in [4.78, 5) is 21.5. The lowest BCUT2D eigenvalue weighted by Gasteiger charge is -2.13. The van der Waals surface area contributed by atoms with Crippen molar-refractivity contribution < 1.29 is 9.53 Å². The molecule has 1 aliphatic heterocycles. The number of carbonyl (C=O) groups excluding carboxylic acids is 1. The maximum atomic E-state index is 12.8. The Morgan fingerprint density at radius 1 is 1.29 bits per heavy atom. The van der Waals surface area contributed by atoms with E-state index in [0.29, 0.717) is 17.8 Å². The van der Waals surface area contributed by atoms with Crippen LogP contribution in [0.15, 0.2) is 42.7 Å². The monoisotopic (exact) mass is 416 g/mol. The minimum absolute atomic E-state index is 0.113. The lowest BCUT2D eigenvalue weighted by atomic mass is 10.1. The molecule has 4 heterocycles. The summed E-state index contributed by atoms with van der Waals surface area (Å²) in [7, 11) is 0. The Balaban J connectivity index is 1.43. The predicted octanol–water partition coefficient (Wildman–Crippen LogP) is 2.83. The quantitative estimate of drug-likeness (QED) is 0.519. The Morgan fingerprint density at radius 2 is 2.23 bits per heavy atom. The van der Waals surface area contributed by atoms with Crippen LogP contribution in [0.5, 0.6) is 0 Å². The highest BCUT2D eigenvalue weighted by Gasteiger charge is 2.21. The molecule has 5 rings (SSSR count). The minimum atomic E-state index is -0.113. The predicted molar refractivity (Wildman–Crippen MR) is 117 cm³/mol. The number of benzene rings is 1. The van der Waals surface area contributed by atoms with Gasteiger partial charge >= 0.3 is 0 Å². The molecular formula is C23H24N6O2. The number of amides is 1. The van der Waals surface area contributed by atoms with Crippen molar-refractivity contribution in [1.29, 1.82) is 0 Å². The Morgan fingerprint density at radius 3 is 3.03 bits per heavy atom. The highest BCUT2D eigenvalue weighted by molar-refractivity contribution is 6.05. The van der Waals surface area contributed by atoms with E-state index >= 15 is 0 Å². The van der Waals surface area contributed by atoms with Gasteiger partial charge in [0.2, 0.25) is 5.65 Å². The normalized spacial score (nSPS) is 16.2. The minimum Gasteiger partial charge on any atom is -0.376 e. The summed E-state index contributed by atoms with van der Waals surface area (Å²) in [5.41, 5.74) is 3.93. The molecule has 0 bridgehead atoms. The van der Waals surface area contributed by atoms with Gasteiger partial charge in [0.25, 0.3) is 5.91 Å². The number of nitrogens with zero attached hydrogens (tertiary/aromatic N) is 5. The summed E-state index contributed by atoms with van der Waals surface area (Å²) < 4.78 is 7.98.